The van der Waals surface area contributed by atoms with Crippen LogP contribution in [0.15, 0.2) is 18.2 Å². The molecule has 1 aromatic carbocycles. The average molecular weight is 268 g/mol. The third kappa shape index (κ3) is 1.49. The number of benzene rings is 1. The van der Waals surface area contributed by atoms with Crippen molar-refractivity contribution in [3.8, 4) is 16.2 Å². The van der Waals surface area contributed by atoms with Crippen LogP contribution < -0.4 is 4.74 Å². The molecule has 0 saturated carbocycles. The number of thiophene rings is 1. The Kier molecular flexibility index (Phi) is 2.34. The molecule has 1 N–H and O–H groups in total. The van der Waals surface area contributed by atoms with Crippen LogP contribution in [0.4, 0.5) is 8.78 Å². The van der Waals surface area contributed by atoms with E-state index in [1.54, 1.807) is 0 Å². The molecule has 0 radical (unpaired) electrons. The van der Waals surface area contributed by atoms with Crippen molar-refractivity contribution in [3.63, 3.8) is 0 Å². The Labute approximate surface area is 104 Å². The van der Waals surface area contributed by atoms with Crippen molar-refractivity contribution in [2.45, 2.75) is 6.61 Å². The van der Waals surface area contributed by atoms with Crippen LogP contribution in [0.5, 0.6) is 5.75 Å². The quantitative estimate of drug-likeness (QED) is 0.863. The zero-order valence-corrected chi connectivity index (χ0v) is 9.68. The lowest BCUT2D eigenvalue weighted by Crippen LogP contribution is -2.05. The third-order valence-corrected chi connectivity index (χ3v) is 3.89. The van der Waals surface area contributed by atoms with E-state index in [9.17, 15) is 13.6 Å². The van der Waals surface area contributed by atoms with E-state index < -0.39 is 17.6 Å². The van der Waals surface area contributed by atoms with Crippen molar-refractivity contribution in [2.24, 2.45) is 0 Å². The van der Waals surface area contributed by atoms with E-state index >= 15 is 0 Å². The van der Waals surface area contributed by atoms with Crippen LogP contribution in [0, 0.1) is 11.6 Å². The SMILES string of the molecule is O=C(O)c1cc2c(s1)-c1ccc(F)c(F)c1OC2. The molecule has 2 heterocycles. The fourth-order valence-corrected chi connectivity index (χ4v) is 2.90. The normalized spacial score (nSPS) is 12.6. The molecule has 0 amide bonds. The van der Waals surface area contributed by atoms with Crippen LogP contribution in [-0.2, 0) is 6.61 Å². The first-order chi connectivity index (χ1) is 8.58. The highest BCUT2D eigenvalue weighted by atomic mass is 32.1. The van der Waals surface area contributed by atoms with Crippen molar-refractivity contribution in [1.29, 1.82) is 0 Å². The van der Waals surface area contributed by atoms with Gasteiger partial charge in [0.15, 0.2) is 11.6 Å². The molecule has 0 spiro atoms. The first-order valence-corrected chi connectivity index (χ1v) is 5.86. The number of carbonyl (C=O) groups is 1. The molecule has 0 bridgehead atoms. The van der Waals surface area contributed by atoms with Crippen molar-refractivity contribution >= 4 is 17.3 Å². The fraction of sp³-hybridized carbons (Fsp3) is 0.0833. The molecule has 92 valence electrons. The highest BCUT2D eigenvalue weighted by Gasteiger charge is 2.26. The molecular weight excluding hydrogens is 262 g/mol. The van der Waals surface area contributed by atoms with E-state index in [-0.39, 0.29) is 17.2 Å². The number of hydrogen-bond donors (Lipinski definition) is 1. The van der Waals surface area contributed by atoms with Crippen LogP contribution >= 0.6 is 11.3 Å². The Hall–Kier alpha value is -1.95. The van der Waals surface area contributed by atoms with Gasteiger partial charge in [-0.25, -0.2) is 9.18 Å². The van der Waals surface area contributed by atoms with Gasteiger partial charge in [-0.15, -0.1) is 11.3 Å². The van der Waals surface area contributed by atoms with Crippen molar-refractivity contribution in [2.75, 3.05) is 0 Å². The first kappa shape index (κ1) is 11.2. The van der Waals surface area contributed by atoms with Gasteiger partial charge in [0.1, 0.15) is 11.5 Å². The number of aromatic carboxylic acids is 1. The molecule has 1 aromatic heterocycles. The zero-order chi connectivity index (χ0) is 12.9. The van der Waals surface area contributed by atoms with Gasteiger partial charge in [0.2, 0.25) is 5.82 Å². The topological polar surface area (TPSA) is 46.5 Å². The molecule has 1 aliphatic heterocycles. The second-order valence-electron chi connectivity index (χ2n) is 3.80. The van der Waals surface area contributed by atoms with Gasteiger partial charge in [-0.05, 0) is 18.2 Å². The van der Waals surface area contributed by atoms with Crippen molar-refractivity contribution in [3.05, 3.63) is 40.3 Å². The summed E-state index contributed by atoms with van der Waals surface area (Å²) in [6.45, 7) is 0.0481. The molecular formula is C12H6F2O3S. The molecule has 0 unspecified atom stereocenters. The Morgan fingerprint density at radius 3 is 2.89 bits per heavy atom. The molecule has 0 saturated heterocycles. The lowest BCUT2D eigenvalue weighted by Gasteiger charge is -2.17. The van der Waals surface area contributed by atoms with Crippen molar-refractivity contribution < 1.29 is 23.4 Å². The minimum absolute atomic E-state index is 0.0481. The summed E-state index contributed by atoms with van der Waals surface area (Å²) in [5, 5.41) is 8.92. The van der Waals surface area contributed by atoms with Crippen LogP contribution in [0.25, 0.3) is 10.4 Å². The molecule has 0 fully saturated rings. The van der Waals surface area contributed by atoms with Gasteiger partial charge in [-0.2, -0.15) is 4.39 Å². The van der Waals surface area contributed by atoms with Gasteiger partial charge in [-0.1, -0.05) is 0 Å². The Balaban J connectivity index is 2.23. The minimum atomic E-state index is -1.04. The highest BCUT2D eigenvalue weighted by Crippen LogP contribution is 2.44. The smallest absolute Gasteiger partial charge is 0.345 e. The summed E-state index contributed by atoms with van der Waals surface area (Å²) in [6.07, 6.45) is 0. The largest absolute Gasteiger partial charge is 0.485 e. The predicted molar refractivity (Wildman–Crippen MR) is 61.0 cm³/mol. The monoisotopic (exact) mass is 268 g/mol. The third-order valence-electron chi connectivity index (χ3n) is 2.69. The summed E-state index contributed by atoms with van der Waals surface area (Å²) >= 11 is 1.03. The van der Waals surface area contributed by atoms with Gasteiger partial charge in [0, 0.05) is 16.0 Å². The van der Waals surface area contributed by atoms with E-state index in [0.29, 0.717) is 16.0 Å². The maximum absolute atomic E-state index is 13.5. The van der Waals surface area contributed by atoms with Crippen LogP contribution in [0.1, 0.15) is 15.2 Å². The number of carboxylic acids is 1. The Morgan fingerprint density at radius 2 is 2.17 bits per heavy atom. The summed E-state index contributed by atoms with van der Waals surface area (Å²) in [4.78, 5) is 11.7. The van der Waals surface area contributed by atoms with Gasteiger partial charge < -0.3 is 9.84 Å². The molecule has 0 aliphatic carbocycles. The van der Waals surface area contributed by atoms with E-state index in [4.69, 9.17) is 9.84 Å². The molecule has 0 atom stereocenters. The average Bonchev–Trinajstić information content (AvgIpc) is 2.77. The van der Waals surface area contributed by atoms with Crippen LogP contribution in [0.2, 0.25) is 0 Å². The molecule has 1 aliphatic rings. The maximum atomic E-state index is 13.5. The number of hydrogen-bond acceptors (Lipinski definition) is 3. The second kappa shape index (κ2) is 3.78. The van der Waals surface area contributed by atoms with Gasteiger partial charge in [0.05, 0.1) is 0 Å². The van der Waals surface area contributed by atoms with Gasteiger partial charge in [-0.3, -0.25) is 0 Å². The Morgan fingerprint density at radius 1 is 1.39 bits per heavy atom. The van der Waals surface area contributed by atoms with E-state index in [0.717, 1.165) is 17.4 Å². The summed E-state index contributed by atoms with van der Waals surface area (Å²) in [7, 11) is 0. The molecule has 18 heavy (non-hydrogen) atoms. The number of halogens is 2. The van der Waals surface area contributed by atoms with E-state index in [1.165, 1.54) is 12.1 Å². The molecule has 3 nitrogen and oxygen atoms in total. The van der Waals surface area contributed by atoms with Gasteiger partial charge >= 0.3 is 5.97 Å². The lowest BCUT2D eigenvalue weighted by molar-refractivity contribution is 0.0702. The van der Waals surface area contributed by atoms with Gasteiger partial charge in [0.25, 0.3) is 0 Å². The standard InChI is InChI=1S/C12H6F2O3S/c13-7-2-1-6-10(9(7)14)17-4-5-3-8(12(15)16)18-11(5)6/h1-3H,4H2,(H,15,16). The predicted octanol–water partition coefficient (Wildman–Crippen LogP) is 3.28. The maximum Gasteiger partial charge on any atom is 0.345 e. The summed E-state index contributed by atoms with van der Waals surface area (Å²) in [6, 6.07) is 3.90. The first-order valence-electron chi connectivity index (χ1n) is 5.05. The Bertz CT molecular complexity index is 664. The number of fused-ring (bicyclic) bond motifs is 3. The molecule has 2 aromatic rings. The molecule has 6 heteroatoms. The summed E-state index contributed by atoms with van der Waals surface area (Å²) in [5.41, 5.74) is 1.07. The lowest BCUT2D eigenvalue weighted by atomic mass is 10.1. The van der Waals surface area contributed by atoms with Crippen molar-refractivity contribution in [1.82, 2.24) is 0 Å². The number of ether oxygens (including phenoxy) is 1. The van der Waals surface area contributed by atoms with Crippen LogP contribution in [0.3, 0.4) is 0 Å². The minimum Gasteiger partial charge on any atom is -0.485 e. The van der Waals surface area contributed by atoms with E-state index in [2.05, 4.69) is 0 Å². The summed E-state index contributed by atoms with van der Waals surface area (Å²) < 4.78 is 31.8. The second-order valence-corrected chi connectivity index (χ2v) is 4.85. The molecule has 3 rings (SSSR count). The van der Waals surface area contributed by atoms with Crippen LogP contribution in [-0.4, -0.2) is 11.1 Å². The highest BCUT2D eigenvalue weighted by molar-refractivity contribution is 7.17. The van der Waals surface area contributed by atoms with E-state index in [1.807, 2.05) is 0 Å². The number of carboxylic acid groups (broad SMARTS) is 1. The summed E-state index contributed by atoms with van der Waals surface area (Å²) in [5.74, 6) is -3.21. The fourth-order valence-electron chi connectivity index (χ4n) is 1.87. The zero-order valence-electron chi connectivity index (χ0n) is 8.87. The number of rotatable bonds is 1.